The normalized spacial score (nSPS) is 20.3. The molecule has 0 unspecified atom stereocenters. The molecule has 6 N–H and O–H groups in total. The van der Waals surface area contributed by atoms with E-state index in [2.05, 4.69) is 37.6 Å². The summed E-state index contributed by atoms with van der Waals surface area (Å²) in [6.07, 6.45) is -0.612. The van der Waals surface area contributed by atoms with E-state index in [4.69, 9.17) is 37.4 Å². The number of methoxy groups -OCH3 is 1. The summed E-state index contributed by atoms with van der Waals surface area (Å²) >= 11 is 14.0. The zero-order valence-electron chi connectivity index (χ0n) is 46.4. The van der Waals surface area contributed by atoms with Crippen LogP contribution in [0.1, 0.15) is 93.0 Å². The Morgan fingerprint density at radius 3 is 2.33 bits per heavy atom. The van der Waals surface area contributed by atoms with Gasteiger partial charge in [-0.1, -0.05) is 107 Å². The van der Waals surface area contributed by atoms with Crippen LogP contribution in [0.15, 0.2) is 84.4 Å². The van der Waals surface area contributed by atoms with Crippen molar-refractivity contribution < 1.29 is 52.1 Å². The Kier molecular flexibility index (Phi) is 20.3. The minimum atomic E-state index is -1.85. The standard InChI is InChI=1S/C59H68Cl2F2N8O9S/c1-33-51(81-32-67-33)35-14-12-34(13-15-35)28-66-54(75)44-26-38(72)29-71(44)56(77)52(58(5,6)7)70-47(73)30-80-23-22-79-21-20-65-53(74)36-16-19-43(45(24-36)78-8)68-55(76)50-48(39-10-9-11-41(61)49(39)63)59(31-64,46(69-50)27-57(2,3)4)40-18-17-37(60)25-42(40)62/h9-19,24-25,32,38,44,46,48,50,52,69,72H,20-23,26-30H2,1-8H3,(H,65,74)(H,66,75)(H,68,76)(H,70,73)/t38-,44+,46-,48-,50+,52-,59-/m1/s1. The highest BCUT2D eigenvalue weighted by Gasteiger charge is 2.61. The molecule has 81 heavy (non-hydrogen) atoms. The van der Waals surface area contributed by atoms with E-state index in [9.17, 15) is 34.3 Å². The predicted octanol–water partition coefficient (Wildman–Crippen LogP) is 8.24. The van der Waals surface area contributed by atoms with Gasteiger partial charge in [0.05, 0.1) is 71.9 Å². The van der Waals surface area contributed by atoms with Crippen molar-refractivity contribution in [3.8, 4) is 22.3 Å². The van der Waals surface area contributed by atoms with Gasteiger partial charge in [-0.2, -0.15) is 5.26 Å². The van der Waals surface area contributed by atoms with Gasteiger partial charge in [0.2, 0.25) is 23.6 Å². The monoisotopic (exact) mass is 1170 g/mol. The first kappa shape index (κ1) is 62.0. The van der Waals surface area contributed by atoms with Gasteiger partial charge in [-0.3, -0.25) is 24.0 Å². The fourth-order valence-electron chi connectivity index (χ4n) is 10.4. The lowest BCUT2D eigenvalue weighted by Gasteiger charge is -2.37. The second-order valence-corrected chi connectivity index (χ2v) is 24.2. The number of halogens is 4. The summed E-state index contributed by atoms with van der Waals surface area (Å²) in [4.78, 5) is 75.2. The Hall–Kier alpha value is -6.57. The molecule has 0 spiro atoms. The van der Waals surface area contributed by atoms with Crippen LogP contribution in [-0.4, -0.2) is 121 Å². The molecule has 17 nitrogen and oxygen atoms in total. The summed E-state index contributed by atoms with van der Waals surface area (Å²) in [5.41, 5.74) is 1.72. The number of amides is 5. The topological polar surface area (TPSA) is 233 Å². The van der Waals surface area contributed by atoms with Crippen molar-refractivity contribution >= 4 is 69.8 Å². The van der Waals surface area contributed by atoms with Crippen LogP contribution in [0.25, 0.3) is 10.4 Å². The number of nitriles is 1. The maximum atomic E-state index is 16.2. The predicted molar refractivity (Wildman–Crippen MR) is 305 cm³/mol. The lowest BCUT2D eigenvalue weighted by atomic mass is 9.62. The number of carbonyl (C=O) groups is 5. The van der Waals surface area contributed by atoms with E-state index in [0.29, 0.717) is 0 Å². The molecule has 5 aromatic rings. The zero-order valence-corrected chi connectivity index (χ0v) is 48.7. The maximum absolute atomic E-state index is 16.2. The van der Waals surface area contributed by atoms with Crippen LogP contribution < -0.4 is 31.3 Å². The molecule has 7 rings (SSSR count). The van der Waals surface area contributed by atoms with E-state index < -0.39 is 100 Å². The van der Waals surface area contributed by atoms with Crippen molar-refractivity contribution in [2.45, 2.75) is 109 Å². The Morgan fingerprint density at radius 2 is 1.68 bits per heavy atom. The van der Waals surface area contributed by atoms with E-state index in [0.717, 1.165) is 27.8 Å². The largest absolute Gasteiger partial charge is 0.495 e. The van der Waals surface area contributed by atoms with Gasteiger partial charge >= 0.3 is 0 Å². The van der Waals surface area contributed by atoms with Gasteiger partial charge < -0.3 is 50.8 Å². The van der Waals surface area contributed by atoms with Crippen LogP contribution >= 0.6 is 34.5 Å². The van der Waals surface area contributed by atoms with Crippen LogP contribution in [0.3, 0.4) is 0 Å². The Bertz CT molecular complexity index is 3150. The second kappa shape index (κ2) is 26.6. The van der Waals surface area contributed by atoms with Gasteiger partial charge in [-0.05, 0) is 77.3 Å². The van der Waals surface area contributed by atoms with E-state index in [1.807, 2.05) is 52.0 Å². The Balaban J connectivity index is 0.891. The van der Waals surface area contributed by atoms with Crippen molar-refractivity contribution in [1.29, 1.82) is 5.26 Å². The third-order valence-corrected chi connectivity index (χ3v) is 15.8. The minimum Gasteiger partial charge on any atom is -0.495 e. The van der Waals surface area contributed by atoms with Crippen LogP contribution in [0.2, 0.25) is 10.0 Å². The average molecular weight is 1170 g/mol. The van der Waals surface area contributed by atoms with Crippen molar-refractivity contribution in [3.63, 3.8) is 0 Å². The number of carbonyl (C=O) groups excluding carboxylic acids is 5. The third-order valence-electron chi connectivity index (χ3n) is 14.3. The van der Waals surface area contributed by atoms with Crippen LogP contribution in [-0.2, 0) is 40.6 Å². The van der Waals surface area contributed by atoms with Gasteiger partial charge in [-0.25, -0.2) is 13.8 Å². The average Bonchev–Trinajstić information content (AvgIpc) is 4.36. The smallest absolute Gasteiger partial charge is 0.251 e. The first-order valence-corrected chi connectivity index (χ1v) is 28.0. The van der Waals surface area contributed by atoms with Crippen molar-refractivity contribution in [2.75, 3.05) is 51.9 Å². The summed E-state index contributed by atoms with van der Waals surface area (Å²) < 4.78 is 49.1. The fraction of sp³-hybridized carbons (Fsp3) is 0.441. The molecule has 2 aliphatic heterocycles. The SMILES string of the molecule is COc1cc(C(=O)NCCOCCOCC(=O)N[C@H](C(=O)N2C[C@H](O)C[C@H]2C(=O)NCc2ccc(-c3scnc3C)cc2)C(C)(C)C)ccc1NC(=O)[C@H]1N[C@H](CC(C)(C)C)[C@@](C#N)(c2ccc(Cl)cc2F)[C@@H]1c1cccc(Cl)c1F. The first-order valence-electron chi connectivity index (χ1n) is 26.4. The number of aromatic nitrogens is 1. The second-order valence-electron chi connectivity index (χ2n) is 22.5. The molecule has 0 bridgehead atoms. The van der Waals surface area contributed by atoms with Crippen LogP contribution in [0.5, 0.6) is 5.75 Å². The molecule has 3 heterocycles. The highest BCUT2D eigenvalue weighted by molar-refractivity contribution is 7.13. The molecule has 1 aromatic heterocycles. The molecule has 2 aliphatic rings. The van der Waals surface area contributed by atoms with Gasteiger partial charge in [0, 0.05) is 54.2 Å². The van der Waals surface area contributed by atoms with Gasteiger partial charge in [0.25, 0.3) is 5.91 Å². The molecule has 0 radical (unpaired) electrons. The lowest BCUT2D eigenvalue weighted by molar-refractivity contribution is -0.144. The number of likely N-dealkylation sites (tertiary alicyclic amines) is 1. The summed E-state index contributed by atoms with van der Waals surface area (Å²) in [5.74, 6) is -5.55. The van der Waals surface area contributed by atoms with Crippen molar-refractivity contribution in [1.82, 2.24) is 31.2 Å². The number of benzene rings is 4. The van der Waals surface area contributed by atoms with E-state index >= 15 is 8.78 Å². The first-order chi connectivity index (χ1) is 38.4. The molecule has 5 amide bonds. The minimum absolute atomic E-state index is 0.00592. The fourth-order valence-corrected chi connectivity index (χ4v) is 11.6. The van der Waals surface area contributed by atoms with E-state index in [1.54, 1.807) is 37.6 Å². The highest BCUT2D eigenvalue weighted by atomic mass is 35.5. The maximum Gasteiger partial charge on any atom is 0.251 e. The molecular weight excluding hydrogens is 1110 g/mol. The molecular formula is C59H68Cl2F2N8O9S. The molecule has 7 atom stereocenters. The molecule has 0 saturated carbocycles. The Labute approximate surface area is 484 Å². The van der Waals surface area contributed by atoms with Crippen molar-refractivity contribution in [3.05, 3.63) is 134 Å². The molecule has 0 aliphatic carbocycles. The quantitative estimate of drug-likeness (QED) is 0.0382. The number of nitrogens with zero attached hydrogens (tertiary/aromatic N) is 3. The molecule has 2 fully saturated rings. The number of hydrogen-bond acceptors (Lipinski definition) is 13. The third kappa shape index (κ3) is 14.7. The molecule has 22 heteroatoms. The Morgan fingerprint density at radius 1 is 0.951 bits per heavy atom. The summed E-state index contributed by atoms with van der Waals surface area (Å²) in [6, 6.07) is 18.4. The number of rotatable bonds is 21. The summed E-state index contributed by atoms with van der Waals surface area (Å²) in [6.45, 7) is 13.1. The number of aryl methyl sites for hydroxylation is 1. The van der Waals surface area contributed by atoms with Gasteiger partial charge in [0.15, 0.2) is 0 Å². The summed E-state index contributed by atoms with van der Waals surface area (Å²) in [5, 5.41) is 36.2. The number of β-amino-alcohol motifs (C(OH)–C–C–N with tert-alkyl or cyclic N) is 1. The molecule has 2 saturated heterocycles. The summed E-state index contributed by atoms with van der Waals surface area (Å²) in [7, 11) is 1.35. The number of nitrogens with one attached hydrogen (secondary N) is 5. The highest BCUT2D eigenvalue weighted by Crippen LogP contribution is 2.53. The zero-order chi connectivity index (χ0) is 59.0. The van der Waals surface area contributed by atoms with Crippen LogP contribution in [0, 0.1) is 40.7 Å². The molecule has 432 valence electrons. The molecule has 4 aromatic carbocycles. The van der Waals surface area contributed by atoms with Crippen molar-refractivity contribution in [2.24, 2.45) is 10.8 Å². The van der Waals surface area contributed by atoms with Gasteiger partial charge in [0.1, 0.15) is 41.5 Å². The number of ether oxygens (including phenoxy) is 3. The number of anilines is 1. The van der Waals surface area contributed by atoms with Crippen LogP contribution in [0.4, 0.5) is 14.5 Å². The number of aliphatic hydroxyl groups is 1. The number of aliphatic hydroxyl groups excluding tert-OH is 1. The number of thiazole rings is 1. The van der Waals surface area contributed by atoms with Gasteiger partial charge in [-0.15, -0.1) is 11.3 Å². The van der Waals surface area contributed by atoms with E-state index in [-0.39, 0.29) is 90.5 Å². The lowest BCUT2D eigenvalue weighted by Crippen LogP contribution is -2.58. The number of hydrogen-bond donors (Lipinski definition) is 6. The van der Waals surface area contributed by atoms with E-state index in [1.165, 1.54) is 60.5 Å².